The maximum absolute atomic E-state index is 12.0. The van der Waals surface area contributed by atoms with Crippen LogP contribution in [0.4, 0.5) is 0 Å². The summed E-state index contributed by atoms with van der Waals surface area (Å²) in [6.45, 7) is 5.22. The quantitative estimate of drug-likeness (QED) is 0.0350. The summed E-state index contributed by atoms with van der Waals surface area (Å²) in [6, 6.07) is 0. The van der Waals surface area contributed by atoms with Gasteiger partial charge in [0.1, 0.15) is 0 Å². The first-order chi connectivity index (χ1) is 27.3. The highest BCUT2D eigenvalue weighted by Crippen LogP contribution is 2.17. The number of hydrogen-bond donors (Lipinski definition) is 0. The molecule has 55 heavy (non-hydrogen) atoms. The van der Waals surface area contributed by atoms with Crippen molar-refractivity contribution < 1.29 is 9.53 Å². The molecule has 0 radical (unpaired) electrons. The van der Waals surface area contributed by atoms with Crippen molar-refractivity contribution in [1.29, 1.82) is 0 Å². The first kappa shape index (κ1) is 54.2. The molecule has 0 atom stereocenters. The second-order valence-corrected chi connectivity index (χ2v) is 17.9. The van der Waals surface area contributed by atoms with Crippen LogP contribution < -0.4 is 0 Å². The molecule has 0 fully saturated rings. The normalized spacial score (nSPS) is 11.7. The van der Waals surface area contributed by atoms with Crippen molar-refractivity contribution >= 4 is 5.97 Å². The molecule has 2 nitrogen and oxygen atoms in total. The van der Waals surface area contributed by atoms with Gasteiger partial charge in [0.05, 0.1) is 6.61 Å². The number of hydrogen-bond acceptors (Lipinski definition) is 2. The molecular formula is C53H104O2. The SMILES string of the molecule is CCCCCCCC/C=C\CCCCCCCC(=O)OCCCCCCCCCCCCCCCCCCCCCCCCCCCCCCCCCCC. The van der Waals surface area contributed by atoms with Gasteiger partial charge in [0.25, 0.3) is 0 Å². The van der Waals surface area contributed by atoms with Gasteiger partial charge >= 0.3 is 5.97 Å². The van der Waals surface area contributed by atoms with Crippen LogP contribution in [0.3, 0.4) is 0 Å². The van der Waals surface area contributed by atoms with Gasteiger partial charge in [0.2, 0.25) is 0 Å². The molecule has 0 heterocycles. The molecule has 0 aromatic rings. The van der Waals surface area contributed by atoms with Crippen LogP contribution in [0.15, 0.2) is 12.2 Å². The van der Waals surface area contributed by atoms with E-state index in [1.165, 1.54) is 276 Å². The topological polar surface area (TPSA) is 26.3 Å². The van der Waals surface area contributed by atoms with Crippen molar-refractivity contribution in [3.05, 3.63) is 12.2 Å². The molecule has 0 rings (SSSR count). The fourth-order valence-electron chi connectivity index (χ4n) is 8.25. The summed E-state index contributed by atoms with van der Waals surface area (Å²) in [5, 5.41) is 0. The third-order valence-electron chi connectivity index (χ3n) is 12.2. The Morgan fingerprint density at radius 1 is 0.291 bits per heavy atom. The third-order valence-corrected chi connectivity index (χ3v) is 12.2. The molecule has 0 unspecified atom stereocenters. The monoisotopic (exact) mass is 773 g/mol. The van der Waals surface area contributed by atoms with Crippen LogP contribution >= 0.6 is 0 Å². The van der Waals surface area contributed by atoms with E-state index in [0.29, 0.717) is 13.0 Å². The van der Waals surface area contributed by atoms with Gasteiger partial charge in [-0.3, -0.25) is 4.79 Å². The van der Waals surface area contributed by atoms with E-state index in [-0.39, 0.29) is 5.97 Å². The lowest BCUT2D eigenvalue weighted by atomic mass is 10.0. The van der Waals surface area contributed by atoms with E-state index in [1.54, 1.807) is 0 Å². The number of rotatable bonds is 49. The van der Waals surface area contributed by atoms with Crippen LogP contribution in [0.25, 0.3) is 0 Å². The van der Waals surface area contributed by atoms with Gasteiger partial charge in [0, 0.05) is 6.42 Å². The van der Waals surface area contributed by atoms with E-state index in [1.807, 2.05) is 0 Å². The smallest absolute Gasteiger partial charge is 0.305 e. The summed E-state index contributed by atoms with van der Waals surface area (Å²) < 4.78 is 5.48. The van der Waals surface area contributed by atoms with E-state index in [0.717, 1.165) is 19.3 Å². The predicted molar refractivity (Wildman–Crippen MR) is 248 cm³/mol. The van der Waals surface area contributed by atoms with Gasteiger partial charge in [-0.15, -0.1) is 0 Å². The Balaban J connectivity index is 3.14. The van der Waals surface area contributed by atoms with E-state index < -0.39 is 0 Å². The Morgan fingerprint density at radius 2 is 0.509 bits per heavy atom. The minimum Gasteiger partial charge on any atom is -0.466 e. The second-order valence-electron chi connectivity index (χ2n) is 17.9. The van der Waals surface area contributed by atoms with Crippen molar-refractivity contribution in [2.75, 3.05) is 6.61 Å². The van der Waals surface area contributed by atoms with Crippen molar-refractivity contribution in [2.24, 2.45) is 0 Å². The van der Waals surface area contributed by atoms with Crippen molar-refractivity contribution in [1.82, 2.24) is 0 Å². The van der Waals surface area contributed by atoms with Crippen LogP contribution in [0.2, 0.25) is 0 Å². The molecule has 2 heteroatoms. The zero-order valence-corrected chi connectivity index (χ0v) is 38.4. The second kappa shape index (κ2) is 51.2. The Labute approximate surface area is 348 Å². The molecule has 0 N–H and O–H groups in total. The van der Waals surface area contributed by atoms with Gasteiger partial charge in [-0.05, 0) is 38.5 Å². The van der Waals surface area contributed by atoms with Crippen molar-refractivity contribution in [3.8, 4) is 0 Å². The van der Waals surface area contributed by atoms with Gasteiger partial charge in [-0.2, -0.15) is 0 Å². The average Bonchev–Trinajstić information content (AvgIpc) is 3.19. The summed E-state index contributed by atoms with van der Waals surface area (Å²) >= 11 is 0. The Bertz CT molecular complexity index is 713. The first-order valence-corrected chi connectivity index (χ1v) is 26.1. The largest absolute Gasteiger partial charge is 0.466 e. The lowest BCUT2D eigenvalue weighted by molar-refractivity contribution is -0.143. The fourth-order valence-corrected chi connectivity index (χ4v) is 8.25. The van der Waals surface area contributed by atoms with Gasteiger partial charge < -0.3 is 4.74 Å². The highest BCUT2D eigenvalue weighted by atomic mass is 16.5. The third kappa shape index (κ3) is 51.2. The van der Waals surface area contributed by atoms with Crippen molar-refractivity contribution in [3.63, 3.8) is 0 Å². The molecule has 0 aromatic carbocycles. The zero-order chi connectivity index (χ0) is 39.6. The Kier molecular flexibility index (Phi) is 50.5. The maximum atomic E-state index is 12.0. The predicted octanol–water partition coefficient (Wildman–Crippen LogP) is 19.5. The lowest BCUT2D eigenvalue weighted by Gasteiger charge is -2.06. The molecule has 0 saturated heterocycles. The van der Waals surface area contributed by atoms with E-state index in [2.05, 4.69) is 26.0 Å². The van der Waals surface area contributed by atoms with Crippen LogP contribution in [-0.2, 0) is 9.53 Å². The summed E-state index contributed by atoms with van der Waals surface area (Å²) in [6.07, 6.45) is 69.4. The van der Waals surface area contributed by atoms with Gasteiger partial charge in [0.15, 0.2) is 0 Å². The number of carbonyl (C=O) groups is 1. The van der Waals surface area contributed by atoms with Crippen LogP contribution in [0, 0.1) is 0 Å². The molecule has 0 aliphatic heterocycles. The molecule has 0 bridgehead atoms. The number of allylic oxidation sites excluding steroid dienone is 2. The highest BCUT2D eigenvalue weighted by Gasteiger charge is 2.03. The van der Waals surface area contributed by atoms with Crippen LogP contribution in [0.1, 0.15) is 316 Å². The fraction of sp³-hybridized carbons (Fsp3) is 0.943. The Morgan fingerprint density at radius 3 is 0.782 bits per heavy atom. The van der Waals surface area contributed by atoms with Gasteiger partial charge in [-0.25, -0.2) is 0 Å². The highest BCUT2D eigenvalue weighted by molar-refractivity contribution is 5.69. The molecule has 0 spiro atoms. The summed E-state index contributed by atoms with van der Waals surface area (Å²) in [5.41, 5.74) is 0. The molecule has 0 amide bonds. The molecule has 0 aromatic heterocycles. The van der Waals surface area contributed by atoms with E-state index >= 15 is 0 Å². The number of unbranched alkanes of at least 4 members (excludes halogenated alkanes) is 43. The minimum absolute atomic E-state index is 0.0218. The van der Waals surface area contributed by atoms with E-state index in [4.69, 9.17) is 4.74 Å². The number of carbonyl (C=O) groups excluding carboxylic acids is 1. The average molecular weight is 773 g/mol. The molecule has 0 aliphatic carbocycles. The van der Waals surface area contributed by atoms with Crippen LogP contribution in [0.5, 0.6) is 0 Å². The molecule has 0 saturated carbocycles. The summed E-state index contributed by atoms with van der Waals surface area (Å²) in [4.78, 5) is 12.0. The van der Waals surface area contributed by atoms with Gasteiger partial charge in [-0.1, -0.05) is 283 Å². The number of esters is 1. The number of ether oxygens (including phenoxy) is 1. The van der Waals surface area contributed by atoms with E-state index in [9.17, 15) is 4.79 Å². The summed E-state index contributed by atoms with van der Waals surface area (Å²) in [5.74, 6) is 0.0218. The molecule has 0 aliphatic rings. The van der Waals surface area contributed by atoms with Crippen LogP contribution in [-0.4, -0.2) is 12.6 Å². The molecular weight excluding hydrogens is 669 g/mol. The summed E-state index contributed by atoms with van der Waals surface area (Å²) in [7, 11) is 0. The minimum atomic E-state index is 0.0218. The van der Waals surface area contributed by atoms with Crippen molar-refractivity contribution in [2.45, 2.75) is 316 Å². The zero-order valence-electron chi connectivity index (χ0n) is 38.4. The standard InChI is InChI=1S/C53H104O2/c1-3-5-7-9-11-13-15-17-19-20-21-22-23-24-25-26-27-28-29-30-31-32-33-34-35-36-38-40-42-44-46-48-50-52-55-53(54)51-49-47-45-43-41-39-37-18-16-14-12-10-8-6-4-2/h18,37H,3-17,19-36,38-52H2,1-2H3/b37-18-. The Hall–Kier alpha value is -0.790. The first-order valence-electron chi connectivity index (χ1n) is 26.1. The maximum Gasteiger partial charge on any atom is 0.305 e. The molecule has 328 valence electrons. The lowest BCUT2D eigenvalue weighted by Crippen LogP contribution is -2.05.